The number of halogens is 2. The van der Waals surface area contributed by atoms with Gasteiger partial charge in [-0.3, -0.25) is 11.2 Å². The van der Waals surface area contributed by atoms with E-state index in [9.17, 15) is 0 Å². The van der Waals surface area contributed by atoms with Gasteiger partial charge in [-0.15, -0.1) is 0 Å². The topological polar surface area (TPSA) is 127 Å². The Bertz CT molecular complexity index is 736. The van der Waals surface area contributed by atoms with Gasteiger partial charge in [0.15, 0.2) is 0 Å². The van der Waals surface area contributed by atoms with Crippen LogP contribution in [0.15, 0.2) is 35.5 Å². The number of benzene rings is 1. The van der Waals surface area contributed by atoms with Crippen LogP contribution in [0.25, 0.3) is 11.1 Å². The van der Waals surface area contributed by atoms with Gasteiger partial charge in [0, 0.05) is 22.9 Å². The molecule has 1 aromatic heterocycles. The first kappa shape index (κ1) is 14.9. The van der Waals surface area contributed by atoms with Crippen molar-refractivity contribution in [2.75, 3.05) is 5.73 Å². The smallest absolute Gasteiger partial charge is 0.209 e. The molecule has 2 aromatic rings. The van der Waals surface area contributed by atoms with Crippen molar-refractivity contribution in [1.29, 1.82) is 0 Å². The summed E-state index contributed by atoms with van der Waals surface area (Å²) in [4.78, 5) is 8.13. The molecule has 0 saturated heterocycles. The Hall–Kier alpha value is -2.06. The highest BCUT2D eigenvalue weighted by atomic mass is 35.5. The quantitative estimate of drug-likeness (QED) is 0.559. The lowest BCUT2D eigenvalue weighted by molar-refractivity contribution is 0.375. The summed E-state index contributed by atoms with van der Waals surface area (Å²) >= 11 is 12.7. The third-order valence-electron chi connectivity index (χ3n) is 3.24. The van der Waals surface area contributed by atoms with E-state index in [0.29, 0.717) is 27.0 Å². The number of pyridine rings is 1. The molecule has 1 aliphatic heterocycles. The van der Waals surface area contributed by atoms with Crippen LogP contribution in [0.1, 0.15) is 5.56 Å². The number of nitrogens with two attached hydrogens (primary N) is 3. The third-order valence-corrected chi connectivity index (χ3v) is 3.83. The molecule has 1 aliphatic rings. The molecule has 0 bridgehead atoms. The minimum atomic E-state index is -1.23. The molecule has 1 atom stereocenters. The average molecular weight is 338 g/mol. The number of nitrogens with zero attached hydrogens (tertiary/aromatic N) is 2. The number of aromatic nitrogens is 1. The van der Waals surface area contributed by atoms with Crippen LogP contribution in [0, 0.1) is 0 Å². The second-order valence-electron chi connectivity index (χ2n) is 4.80. The van der Waals surface area contributed by atoms with E-state index < -0.39 is 5.79 Å². The monoisotopic (exact) mass is 337 g/mol. The molecule has 22 heavy (non-hydrogen) atoms. The van der Waals surface area contributed by atoms with Gasteiger partial charge in [0.1, 0.15) is 5.82 Å². The summed E-state index contributed by atoms with van der Waals surface area (Å²) in [7, 11) is 0. The molecule has 7 nitrogen and oxygen atoms in total. The second-order valence-corrected chi connectivity index (χ2v) is 5.61. The van der Waals surface area contributed by atoms with Gasteiger partial charge < -0.3 is 11.5 Å². The van der Waals surface area contributed by atoms with Gasteiger partial charge in [0.05, 0.1) is 10.0 Å². The third kappa shape index (κ3) is 2.55. The van der Waals surface area contributed by atoms with E-state index in [1.807, 2.05) is 0 Å². The molecule has 0 fully saturated rings. The van der Waals surface area contributed by atoms with Crippen molar-refractivity contribution in [3.05, 3.63) is 46.1 Å². The van der Waals surface area contributed by atoms with Crippen LogP contribution in [0.4, 0.5) is 5.82 Å². The molecule has 1 aromatic carbocycles. The Balaban J connectivity index is 2.08. The van der Waals surface area contributed by atoms with Gasteiger partial charge in [-0.05, 0) is 24.3 Å². The first-order chi connectivity index (χ1) is 10.4. The fourth-order valence-electron chi connectivity index (χ4n) is 2.16. The summed E-state index contributed by atoms with van der Waals surface area (Å²) in [5, 5.41) is 0.836. The average Bonchev–Trinajstić information content (AvgIpc) is 2.81. The van der Waals surface area contributed by atoms with E-state index in [4.69, 9.17) is 40.4 Å². The van der Waals surface area contributed by atoms with Crippen LogP contribution in [0.5, 0.6) is 0 Å². The largest absolute Gasteiger partial charge is 0.384 e. The van der Waals surface area contributed by atoms with Crippen LogP contribution in [0.3, 0.4) is 0 Å². The van der Waals surface area contributed by atoms with Crippen LogP contribution in [-0.4, -0.2) is 10.9 Å². The normalized spacial score (nSPS) is 20.6. The summed E-state index contributed by atoms with van der Waals surface area (Å²) in [6.45, 7) is 0. The number of nitrogens with one attached hydrogen (secondary N) is 2. The van der Waals surface area contributed by atoms with Crippen LogP contribution < -0.4 is 28.1 Å². The zero-order valence-corrected chi connectivity index (χ0v) is 12.8. The number of nitrogen functional groups attached to an aromatic ring is 1. The predicted octanol–water partition coefficient (Wildman–Crippen LogP) is 1.13. The Morgan fingerprint density at radius 3 is 2.27 bits per heavy atom. The van der Waals surface area contributed by atoms with E-state index in [1.54, 1.807) is 30.5 Å². The fourth-order valence-corrected chi connectivity index (χ4v) is 2.87. The molecule has 0 saturated carbocycles. The van der Waals surface area contributed by atoms with E-state index in [0.717, 1.165) is 5.56 Å². The standard InChI is InChI=1S/C13H13Cl2N7/c14-8-3-7(13(18)20-12(17)21-22-13)4-9(15)11(8)6-1-2-10(16)19-5-6/h1-5,22H,18H2,(H2,16,19)(H3,17,20,21). The summed E-state index contributed by atoms with van der Waals surface area (Å²) in [6.07, 6.45) is 1.60. The number of hydrogen-bond acceptors (Lipinski definition) is 7. The number of aliphatic imine (C=N–C) groups is 1. The summed E-state index contributed by atoms with van der Waals surface area (Å²) < 4.78 is 0. The van der Waals surface area contributed by atoms with Gasteiger partial charge in [-0.2, -0.15) is 5.43 Å². The highest BCUT2D eigenvalue weighted by Gasteiger charge is 2.32. The van der Waals surface area contributed by atoms with E-state index in [1.165, 1.54) is 0 Å². The van der Waals surface area contributed by atoms with E-state index in [2.05, 4.69) is 20.8 Å². The van der Waals surface area contributed by atoms with Crippen molar-refractivity contribution >= 4 is 35.0 Å². The molecular formula is C13H13Cl2N7. The van der Waals surface area contributed by atoms with Gasteiger partial charge in [0.25, 0.3) is 0 Å². The van der Waals surface area contributed by atoms with Crippen molar-refractivity contribution in [3.8, 4) is 11.1 Å². The maximum Gasteiger partial charge on any atom is 0.209 e. The van der Waals surface area contributed by atoms with E-state index in [-0.39, 0.29) is 5.96 Å². The molecule has 114 valence electrons. The van der Waals surface area contributed by atoms with Gasteiger partial charge >= 0.3 is 0 Å². The minimum absolute atomic E-state index is 0.182. The van der Waals surface area contributed by atoms with Crippen molar-refractivity contribution in [2.45, 2.75) is 5.79 Å². The number of hydrazine groups is 1. The molecule has 9 heteroatoms. The molecule has 1 unspecified atom stereocenters. The van der Waals surface area contributed by atoms with Crippen molar-refractivity contribution in [1.82, 2.24) is 15.8 Å². The highest BCUT2D eigenvalue weighted by molar-refractivity contribution is 6.39. The molecule has 2 heterocycles. The highest BCUT2D eigenvalue weighted by Crippen LogP contribution is 2.37. The first-order valence-electron chi connectivity index (χ1n) is 6.28. The van der Waals surface area contributed by atoms with Crippen molar-refractivity contribution in [2.24, 2.45) is 16.5 Å². The number of hydrogen-bond donors (Lipinski definition) is 5. The van der Waals surface area contributed by atoms with Gasteiger partial charge in [0.2, 0.25) is 11.7 Å². The minimum Gasteiger partial charge on any atom is -0.384 e. The summed E-state index contributed by atoms with van der Waals surface area (Å²) in [5.41, 5.74) is 24.7. The second kappa shape index (κ2) is 5.29. The van der Waals surface area contributed by atoms with Crippen LogP contribution in [0.2, 0.25) is 10.0 Å². The lowest BCUT2D eigenvalue weighted by atomic mass is 10.0. The molecule has 3 rings (SSSR count). The lowest BCUT2D eigenvalue weighted by Crippen LogP contribution is -2.50. The number of guanidine groups is 1. The zero-order chi connectivity index (χ0) is 15.9. The zero-order valence-electron chi connectivity index (χ0n) is 11.3. The molecule has 0 radical (unpaired) electrons. The predicted molar refractivity (Wildman–Crippen MR) is 87.9 cm³/mol. The SMILES string of the molecule is NC1=NC(N)(c2cc(Cl)c(-c3ccc(N)nc3)c(Cl)c2)NN1. The van der Waals surface area contributed by atoms with Crippen LogP contribution >= 0.6 is 23.2 Å². The Morgan fingerprint density at radius 2 is 1.77 bits per heavy atom. The Kier molecular flexibility index (Phi) is 3.57. The van der Waals surface area contributed by atoms with Gasteiger partial charge in [-0.25, -0.2) is 9.98 Å². The fraction of sp³-hybridized carbons (Fsp3) is 0.0769. The molecular weight excluding hydrogens is 325 g/mol. The molecule has 0 spiro atoms. The molecule has 8 N–H and O–H groups in total. The van der Waals surface area contributed by atoms with Crippen molar-refractivity contribution < 1.29 is 0 Å². The van der Waals surface area contributed by atoms with Gasteiger partial charge in [-0.1, -0.05) is 23.2 Å². The molecule has 0 aliphatic carbocycles. The maximum atomic E-state index is 6.36. The lowest BCUT2D eigenvalue weighted by Gasteiger charge is -2.22. The molecule has 0 amide bonds. The number of rotatable bonds is 2. The van der Waals surface area contributed by atoms with Crippen molar-refractivity contribution in [3.63, 3.8) is 0 Å². The maximum absolute atomic E-state index is 6.36. The van der Waals surface area contributed by atoms with E-state index >= 15 is 0 Å². The summed E-state index contributed by atoms with van der Waals surface area (Å²) in [5.74, 6) is -0.629. The Morgan fingerprint density at radius 1 is 1.09 bits per heavy atom. The van der Waals surface area contributed by atoms with Crippen LogP contribution in [-0.2, 0) is 5.79 Å². The Labute approximate surface area is 136 Å². The number of anilines is 1. The first-order valence-corrected chi connectivity index (χ1v) is 7.03. The summed E-state index contributed by atoms with van der Waals surface area (Å²) in [6, 6.07) is 6.82.